The van der Waals surface area contributed by atoms with Crippen LogP contribution in [0.1, 0.15) is 154 Å². The monoisotopic (exact) mass is 893 g/mol. The molecule has 0 heterocycles. The minimum Gasteiger partial charge on any atom is -0.478 e. The number of rotatable bonds is 13. The molecule has 0 aliphatic heterocycles. The van der Waals surface area contributed by atoms with Crippen LogP contribution in [0.4, 0.5) is 8.78 Å². The maximum Gasteiger partial charge on any atom is 0.336 e. The predicted octanol–water partition coefficient (Wildman–Crippen LogP) is 8.77. The summed E-state index contributed by atoms with van der Waals surface area (Å²) in [6.45, 7) is 19.7. The number of carbonyl (C=O) groups excluding carboxylic acids is 5. The summed E-state index contributed by atoms with van der Waals surface area (Å²) in [6, 6.07) is 14.7. The van der Waals surface area contributed by atoms with E-state index in [1.165, 1.54) is 43.3 Å². The normalized spacial score (nSPS) is 13.6. The van der Waals surface area contributed by atoms with Crippen LogP contribution in [0.5, 0.6) is 0 Å². The third-order valence-electron chi connectivity index (χ3n) is 10.6. The molecule has 5 amide bonds. The highest BCUT2D eigenvalue weighted by Gasteiger charge is 2.28. The topological polar surface area (TPSA) is 183 Å². The summed E-state index contributed by atoms with van der Waals surface area (Å²) in [5, 5.41) is 24.0. The van der Waals surface area contributed by atoms with Crippen LogP contribution >= 0.6 is 0 Å². The lowest BCUT2D eigenvalue weighted by molar-refractivity contribution is 0.0696. The third-order valence-corrected chi connectivity index (χ3v) is 10.6. The van der Waals surface area contributed by atoms with Crippen molar-refractivity contribution in [3.05, 3.63) is 117 Å². The first kappa shape index (κ1) is 49.6. The van der Waals surface area contributed by atoms with E-state index >= 15 is 0 Å². The molecule has 4 aromatic rings. The largest absolute Gasteiger partial charge is 0.478 e. The van der Waals surface area contributed by atoms with Gasteiger partial charge in [0.15, 0.2) is 0 Å². The molecule has 2 saturated carbocycles. The van der Waals surface area contributed by atoms with Crippen molar-refractivity contribution < 1.29 is 42.7 Å². The summed E-state index contributed by atoms with van der Waals surface area (Å²) >= 11 is 0. The Morgan fingerprint density at radius 2 is 0.938 bits per heavy atom. The lowest BCUT2D eigenvalue weighted by Crippen LogP contribution is -2.33. The van der Waals surface area contributed by atoms with Gasteiger partial charge in [-0.2, -0.15) is 0 Å². The van der Waals surface area contributed by atoms with Crippen molar-refractivity contribution in [2.75, 3.05) is 13.1 Å². The summed E-state index contributed by atoms with van der Waals surface area (Å²) in [5.41, 5.74) is 2.78. The number of hydrogen-bond acceptors (Lipinski definition) is 6. The van der Waals surface area contributed by atoms with E-state index in [1.54, 1.807) is 25.1 Å². The van der Waals surface area contributed by atoms with Crippen LogP contribution in [-0.4, -0.2) is 71.8 Å². The minimum absolute atomic E-state index is 0.0937. The van der Waals surface area contributed by atoms with Crippen LogP contribution in [0.3, 0.4) is 0 Å². The van der Waals surface area contributed by atoms with Crippen molar-refractivity contribution in [3.63, 3.8) is 0 Å². The minimum atomic E-state index is -1.24. The molecule has 0 radical (unpaired) electrons. The molecule has 0 spiro atoms. The van der Waals surface area contributed by atoms with Crippen LogP contribution in [0, 0.1) is 36.3 Å². The highest BCUT2D eigenvalue weighted by molar-refractivity contribution is 6.06. The zero-order valence-corrected chi connectivity index (χ0v) is 38.9. The van der Waals surface area contributed by atoms with Crippen molar-refractivity contribution in [2.24, 2.45) is 10.8 Å². The number of hydrogen-bond donors (Lipinski definition) is 6. The average molecular weight is 894 g/mol. The molecular weight excluding hydrogens is 833 g/mol. The van der Waals surface area contributed by atoms with Gasteiger partial charge in [-0.3, -0.25) is 24.0 Å². The number of benzene rings is 4. The van der Waals surface area contributed by atoms with Crippen molar-refractivity contribution in [2.45, 2.75) is 113 Å². The number of amides is 5. The Bertz CT molecular complexity index is 2510. The van der Waals surface area contributed by atoms with Crippen molar-refractivity contribution in [1.29, 1.82) is 0 Å². The summed E-state index contributed by atoms with van der Waals surface area (Å²) in [7, 11) is 0. The molecule has 0 saturated heterocycles. The summed E-state index contributed by atoms with van der Waals surface area (Å²) in [5.74, 6) is -4.14. The maximum absolute atomic E-state index is 14.9. The number of halogens is 2. The van der Waals surface area contributed by atoms with E-state index in [2.05, 4.69) is 26.6 Å². The van der Waals surface area contributed by atoms with Gasteiger partial charge in [-0.05, 0) is 146 Å². The molecule has 0 unspecified atom stereocenters. The molecule has 0 aromatic heterocycles. The second kappa shape index (κ2) is 20.2. The van der Waals surface area contributed by atoms with E-state index in [0.717, 1.165) is 31.7 Å². The molecule has 12 nitrogen and oxygen atoms in total. The molecule has 2 aliphatic rings. The Morgan fingerprint density at radius 3 is 1.29 bits per heavy atom. The van der Waals surface area contributed by atoms with Crippen LogP contribution in [0.2, 0.25) is 0 Å². The van der Waals surface area contributed by atoms with Gasteiger partial charge in [0, 0.05) is 59.0 Å². The molecule has 2 fully saturated rings. The number of carboxylic acids is 1. The van der Waals surface area contributed by atoms with Gasteiger partial charge < -0.3 is 31.7 Å². The Morgan fingerprint density at radius 1 is 0.554 bits per heavy atom. The molecule has 2 aliphatic carbocycles. The van der Waals surface area contributed by atoms with Crippen LogP contribution < -0.4 is 26.6 Å². The first-order valence-electron chi connectivity index (χ1n) is 21.9. The molecule has 0 bridgehead atoms. The van der Waals surface area contributed by atoms with Gasteiger partial charge in [-0.1, -0.05) is 53.7 Å². The summed E-state index contributed by atoms with van der Waals surface area (Å²) in [6.07, 6.45) is 3.64. The quantitative estimate of drug-likeness (QED) is 0.0776. The molecular formula is C51H61F2N5O7. The Hall–Kier alpha value is -6.44. The van der Waals surface area contributed by atoms with Crippen molar-refractivity contribution >= 4 is 35.5 Å². The molecule has 14 heteroatoms. The Balaban J connectivity index is 0.000000245. The maximum atomic E-state index is 14.9. The molecule has 6 rings (SSSR count). The first-order chi connectivity index (χ1) is 30.3. The molecule has 346 valence electrons. The molecule has 0 atom stereocenters. The first-order valence-corrected chi connectivity index (χ1v) is 21.9. The van der Waals surface area contributed by atoms with Crippen LogP contribution in [0.15, 0.2) is 60.7 Å². The Kier molecular flexibility index (Phi) is 15.4. The van der Waals surface area contributed by atoms with Crippen LogP contribution in [-0.2, 0) is 0 Å². The number of carboxylic acid groups (broad SMARTS) is 1. The number of nitrogens with one attached hydrogen (secondary N) is 5. The highest BCUT2D eigenvalue weighted by Crippen LogP contribution is 2.33. The fourth-order valence-corrected chi connectivity index (χ4v) is 6.61. The standard InChI is InChI=1S/C27H34FN3O3.C24H27FN2O4/c1-15(2)30-26(34)22-11-17(24(32)29-14-27(4,5)6)7-10-20(22)21-12-18(13-23(28)16(21)3)25(33)31-19-8-9-19;1-13-18(10-15(11-20(13)25)22(29)27-16-6-7-16)17-8-5-14(9-19(17)23(30)31)21(28)26-12-24(2,3)4/h7,10-13,15,19H,8-9,14H2,1-6H3,(H,29,32)(H,30,34)(H,31,33);5,8-11,16H,6-7,12H2,1-4H3,(H,26,28)(H,27,29)(H,30,31). The summed E-state index contributed by atoms with van der Waals surface area (Å²) in [4.78, 5) is 75.3. The fourth-order valence-electron chi connectivity index (χ4n) is 6.61. The van der Waals surface area contributed by atoms with E-state index < -0.39 is 23.5 Å². The highest BCUT2D eigenvalue weighted by atomic mass is 19.1. The van der Waals surface area contributed by atoms with Gasteiger partial charge in [0.25, 0.3) is 29.5 Å². The van der Waals surface area contributed by atoms with Crippen molar-refractivity contribution in [3.8, 4) is 22.3 Å². The number of aromatic carboxylic acids is 1. The van der Waals surface area contributed by atoms with E-state index in [0.29, 0.717) is 40.9 Å². The van der Waals surface area contributed by atoms with E-state index in [4.69, 9.17) is 0 Å². The average Bonchev–Trinajstić information content (AvgIpc) is 4.18. The molecule has 6 N–H and O–H groups in total. The number of carbonyl (C=O) groups is 6. The van der Waals surface area contributed by atoms with Gasteiger partial charge in [0.2, 0.25) is 0 Å². The molecule has 4 aromatic carbocycles. The summed E-state index contributed by atoms with van der Waals surface area (Å²) < 4.78 is 29.5. The SMILES string of the molecule is Cc1c(F)cc(C(=O)NC2CC2)cc1-c1ccc(C(=O)NCC(C)(C)C)cc1C(=O)NC(C)C.Cc1c(F)cc(C(=O)NC2CC2)cc1-c1ccc(C(=O)NCC(C)(C)C)cc1C(=O)O. The van der Waals surface area contributed by atoms with Crippen LogP contribution in [0.25, 0.3) is 22.3 Å². The third kappa shape index (κ3) is 13.8. The zero-order valence-electron chi connectivity index (χ0n) is 38.9. The van der Waals surface area contributed by atoms with E-state index in [1.807, 2.05) is 55.4 Å². The van der Waals surface area contributed by atoms with E-state index in [-0.39, 0.29) is 91.5 Å². The lowest BCUT2D eigenvalue weighted by Gasteiger charge is -2.20. The second-order valence-corrected chi connectivity index (χ2v) is 19.7. The zero-order chi connectivity index (χ0) is 48.1. The lowest BCUT2D eigenvalue weighted by atomic mass is 9.91. The Labute approximate surface area is 379 Å². The van der Waals surface area contributed by atoms with Gasteiger partial charge in [-0.15, -0.1) is 0 Å². The van der Waals surface area contributed by atoms with E-state index in [9.17, 15) is 42.7 Å². The second-order valence-electron chi connectivity index (χ2n) is 19.7. The van der Waals surface area contributed by atoms with Gasteiger partial charge in [-0.25, -0.2) is 13.6 Å². The van der Waals surface area contributed by atoms with Gasteiger partial charge in [0.05, 0.1) is 5.56 Å². The predicted molar refractivity (Wildman–Crippen MR) is 247 cm³/mol. The fraction of sp³-hybridized carbons (Fsp3) is 0.412. The smallest absolute Gasteiger partial charge is 0.336 e. The molecule has 65 heavy (non-hydrogen) atoms. The van der Waals surface area contributed by atoms with Gasteiger partial charge >= 0.3 is 5.97 Å². The van der Waals surface area contributed by atoms with Crippen molar-refractivity contribution in [1.82, 2.24) is 26.6 Å². The van der Waals surface area contributed by atoms with Gasteiger partial charge in [0.1, 0.15) is 11.6 Å².